The number of hydrogen-bond acceptors (Lipinski definition) is 7. The summed E-state index contributed by atoms with van der Waals surface area (Å²) in [6.45, 7) is 4.80. The lowest BCUT2D eigenvalue weighted by molar-refractivity contribution is -0.157. The number of hydrogen-bond donors (Lipinski definition) is 3. The van der Waals surface area contributed by atoms with E-state index in [0.29, 0.717) is 0 Å². The van der Waals surface area contributed by atoms with Crippen LogP contribution in [0.3, 0.4) is 0 Å². The molecule has 3 N–H and O–H groups in total. The summed E-state index contributed by atoms with van der Waals surface area (Å²) in [4.78, 5) is 37.5. The largest absolute Gasteiger partial charge is 0.458 e. The quantitative estimate of drug-likeness (QED) is 0.312. The van der Waals surface area contributed by atoms with Crippen LogP contribution in [-0.2, 0) is 29.2 Å². The number of rotatable bonds is 10. The standard InChI is InChI=1S/C26H32N2O8S/c1-26(2,3)36-24(30)22(12-13-23(29)27-14-15-37(32,33)34)28-25(31)35-16-21-19-10-6-4-8-17(19)18-9-5-7-11-20(18)21/h4-11,21-22H,12-16H2,1-3H3,(H,27,29)(H,28,31)(H,32,33,34)/t22-/m1/s1. The molecule has 0 saturated heterocycles. The molecule has 0 unspecified atom stereocenters. The monoisotopic (exact) mass is 532 g/mol. The maximum absolute atomic E-state index is 12.7. The first-order valence-electron chi connectivity index (χ1n) is 11.9. The van der Waals surface area contributed by atoms with Crippen molar-refractivity contribution in [2.75, 3.05) is 18.9 Å². The first kappa shape index (κ1) is 28.1. The summed E-state index contributed by atoms with van der Waals surface area (Å²) in [6, 6.07) is 14.6. The number of esters is 1. The molecular weight excluding hydrogens is 500 g/mol. The number of fused-ring (bicyclic) bond motifs is 3. The normalized spacial score (nSPS) is 13.7. The Morgan fingerprint density at radius 1 is 1.00 bits per heavy atom. The Labute approximate surface area is 216 Å². The van der Waals surface area contributed by atoms with Gasteiger partial charge in [-0.25, -0.2) is 9.59 Å². The van der Waals surface area contributed by atoms with Crippen LogP contribution in [0.1, 0.15) is 50.7 Å². The van der Waals surface area contributed by atoms with Gasteiger partial charge in [-0.3, -0.25) is 9.35 Å². The fourth-order valence-corrected chi connectivity index (χ4v) is 4.45. The van der Waals surface area contributed by atoms with Gasteiger partial charge in [0.2, 0.25) is 5.91 Å². The van der Waals surface area contributed by atoms with E-state index in [9.17, 15) is 22.8 Å². The van der Waals surface area contributed by atoms with Gasteiger partial charge in [0.25, 0.3) is 10.1 Å². The van der Waals surface area contributed by atoms with Crippen molar-refractivity contribution in [3.63, 3.8) is 0 Å². The second-order valence-electron chi connectivity index (χ2n) is 9.73. The van der Waals surface area contributed by atoms with Crippen molar-refractivity contribution >= 4 is 28.1 Å². The van der Waals surface area contributed by atoms with E-state index >= 15 is 0 Å². The van der Waals surface area contributed by atoms with E-state index in [1.807, 2.05) is 48.5 Å². The Balaban J connectivity index is 1.62. The van der Waals surface area contributed by atoms with Crippen LogP contribution in [0.2, 0.25) is 0 Å². The van der Waals surface area contributed by atoms with Crippen LogP contribution in [0, 0.1) is 0 Å². The van der Waals surface area contributed by atoms with Crippen LogP contribution in [0.25, 0.3) is 11.1 Å². The summed E-state index contributed by atoms with van der Waals surface area (Å²) in [7, 11) is -4.21. The minimum absolute atomic E-state index is 0.0526. The minimum atomic E-state index is -4.21. The fourth-order valence-electron chi connectivity index (χ4n) is 4.09. The number of alkyl carbamates (subject to hydrolysis) is 1. The van der Waals surface area contributed by atoms with Crippen LogP contribution in [0.15, 0.2) is 48.5 Å². The van der Waals surface area contributed by atoms with Gasteiger partial charge in [0.15, 0.2) is 0 Å². The highest BCUT2D eigenvalue weighted by atomic mass is 32.2. The third-order valence-electron chi connectivity index (χ3n) is 5.67. The minimum Gasteiger partial charge on any atom is -0.458 e. The lowest BCUT2D eigenvalue weighted by atomic mass is 9.98. The summed E-state index contributed by atoms with van der Waals surface area (Å²) in [5, 5.41) is 4.84. The molecule has 1 aliphatic carbocycles. The Hall–Kier alpha value is -3.44. The van der Waals surface area contributed by atoms with Crippen molar-refractivity contribution in [1.82, 2.24) is 10.6 Å². The Morgan fingerprint density at radius 3 is 2.11 bits per heavy atom. The second kappa shape index (κ2) is 11.7. The van der Waals surface area contributed by atoms with Gasteiger partial charge in [-0.15, -0.1) is 0 Å². The number of carbonyl (C=O) groups is 3. The number of nitrogens with one attached hydrogen (secondary N) is 2. The van der Waals surface area contributed by atoms with Crippen molar-refractivity contribution in [3.05, 3.63) is 59.7 Å². The van der Waals surface area contributed by atoms with Gasteiger partial charge in [0, 0.05) is 18.9 Å². The molecule has 0 aromatic heterocycles. The van der Waals surface area contributed by atoms with E-state index < -0.39 is 45.5 Å². The van der Waals surface area contributed by atoms with E-state index in [1.54, 1.807) is 20.8 Å². The third-order valence-corrected chi connectivity index (χ3v) is 6.39. The van der Waals surface area contributed by atoms with Gasteiger partial charge >= 0.3 is 12.1 Å². The molecule has 200 valence electrons. The summed E-state index contributed by atoms with van der Waals surface area (Å²) < 4.78 is 41.2. The van der Waals surface area contributed by atoms with Gasteiger partial charge in [-0.05, 0) is 49.4 Å². The summed E-state index contributed by atoms with van der Waals surface area (Å²) in [5.74, 6) is -2.07. The van der Waals surface area contributed by atoms with Crippen molar-refractivity contribution in [2.45, 2.75) is 51.2 Å². The number of amides is 2. The molecule has 2 amide bonds. The van der Waals surface area contributed by atoms with E-state index in [1.165, 1.54) is 0 Å². The summed E-state index contributed by atoms with van der Waals surface area (Å²) >= 11 is 0. The van der Waals surface area contributed by atoms with Crippen LogP contribution in [-0.4, -0.2) is 61.5 Å². The molecule has 0 fully saturated rings. The molecule has 37 heavy (non-hydrogen) atoms. The molecule has 0 heterocycles. The number of ether oxygens (including phenoxy) is 2. The lowest BCUT2D eigenvalue weighted by Crippen LogP contribution is -2.45. The molecule has 1 atom stereocenters. The molecule has 0 saturated carbocycles. The van der Waals surface area contributed by atoms with Crippen LogP contribution in [0.5, 0.6) is 0 Å². The zero-order chi connectivity index (χ0) is 27.2. The average molecular weight is 533 g/mol. The first-order valence-corrected chi connectivity index (χ1v) is 13.5. The maximum atomic E-state index is 12.7. The molecule has 11 heteroatoms. The Bertz CT molecular complexity index is 1210. The topological polar surface area (TPSA) is 148 Å². The smallest absolute Gasteiger partial charge is 0.407 e. The zero-order valence-electron chi connectivity index (χ0n) is 21.0. The highest BCUT2D eigenvalue weighted by Gasteiger charge is 2.31. The zero-order valence-corrected chi connectivity index (χ0v) is 21.8. The molecule has 0 radical (unpaired) electrons. The predicted molar refractivity (Wildman–Crippen MR) is 136 cm³/mol. The van der Waals surface area contributed by atoms with Gasteiger partial charge in [0.05, 0.1) is 5.75 Å². The van der Waals surface area contributed by atoms with Crippen molar-refractivity contribution in [1.29, 1.82) is 0 Å². The summed E-state index contributed by atoms with van der Waals surface area (Å²) in [5.41, 5.74) is 3.43. The van der Waals surface area contributed by atoms with Crippen molar-refractivity contribution in [2.24, 2.45) is 0 Å². The SMILES string of the molecule is CC(C)(C)OC(=O)[C@@H](CCC(=O)NCCS(=O)(=O)O)NC(=O)OCC1c2ccccc2-c2ccccc21. The lowest BCUT2D eigenvalue weighted by Gasteiger charge is -2.24. The molecule has 2 aromatic carbocycles. The second-order valence-corrected chi connectivity index (χ2v) is 11.3. The molecule has 0 bridgehead atoms. The molecular formula is C26H32N2O8S. The number of benzene rings is 2. The van der Waals surface area contributed by atoms with Gasteiger partial charge < -0.3 is 20.1 Å². The van der Waals surface area contributed by atoms with Crippen LogP contribution >= 0.6 is 0 Å². The van der Waals surface area contributed by atoms with E-state index in [2.05, 4.69) is 10.6 Å². The fraction of sp³-hybridized carbons (Fsp3) is 0.423. The van der Waals surface area contributed by atoms with Crippen molar-refractivity contribution in [3.8, 4) is 11.1 Å². The third kappa shape index (κ3) is 8.29. The van der Waals surface area contributed by atoms with Crippen LogP contribution < -0.4 is 10.6 Å². The van der Waals surface area contributed by atoms with E-state index in [0.717, 1.165) is 22.3 Å². The molecule has 2 aromatic rings. The highest BCUT2D eigenvalue weighted by Crippen LogP contribution is 2.44. The first-order chi connectivity index (χ1) is 17.3. The molecule has 1 aliphatic rings. The van der Waals surface area contributed by atoms with Gasteiger partial charge in [-0.1, -0.05) is 48.5 Å². The van der Waals surface area contributed by atoms with E-state index in [-0.39, 0.29) is 31.9 Å². The molecule has 0 aliphatic heterocycles. The summed E-state index contributed by atoms with van der Waals surface area (Å²) in [6.07, 6.45) is -1.12. The predicted octanol–water partition coefficient (Wildman–Crippen LogP) is 3.02. The van der Waals surface area contributed by atoms with Crippen LogP contribution in [0.4, 0.5) is 4.79 Å². The molecule has 0 spiro atoms. The van der Waals surface area contributed by atoms with E-state index in [4.69, 9.17) is 14.0 Å². The molecule has 3 rings (SSSR count). The highest BCUT2D eigenvalue weighted by molar-refractivity contribution is 7.85. The molecule has 10 nitrogen and oxygen atoms in total. The Kier molecular flexibility index (Phi) is 8.93. The maximum Gasteiger partial charge on any atom is 0.407 e. The number of carbonyl (C=O) groups excluding carboxylic acids is 3. The van der Waals surface area contributed by atoms with Crippen molar-refractivity contribution < 1.29 is 36.8 Å². The van der Waals surface area contributed by atoms with Gasteiger partial charge in [0.1, 0.15) is 18.2 Å². The average Bonchev–Trinajstić information content (AvgIpc) is 3.12. The Morgan fingerprint density at radius 2 is 1.57 bits per heavy atom. The van der Waals surface area contributed by atoms with Gasteiger partial charge in [-0.2, -0.15) is 8.42 Å².